The minimum Gasteiger partial charge on any atom is -0.496 e. The van der Waals surface area contributed by atoms with Gasteiger partial charge in [-0.05, 0) is 25.1 Å². The summed E-state index contributed by atoms with van der Waals surface area (Å²) in [6, 6.07) is 5.88. The molecule has 15 heavy (non-hydrogen) atoms. The van der Waals surface area contributed by atoms with Crippen molar-refractivity contribution in [3.8, 4) is 17.0 Å². The zero-order valence-electron chi connectivity index (χ0n) is 8.54. The number of halogens is 1. The van der Waals surface area contributed by atoms with Gasteiger partial charge < -0.3 is 9.72 Å². The van der Waals surface area contributed by atoms with Crippen molar-refractivity contribution >= 4 is 15.9 Å². The molecule has 0 saturated heterocycles. The lowest BCUT2D eigenvalue weighted by Crippen LogP contribution is -1.88. The Morgan fingerprint density at radius 3 is 2.80 bits per heavy atom. The molecule has 2 aromatic rings. The van der Waals surface area contributed by atoms with E-state index >= 15 is 0 Å². The van der Waals surface area contributed by atoms with Crippen LogP contribution < -0.4 is 4.74 Å². The minimum atomic E-state index is 0.835. The molecule has 0 atom stereocenters. The van der Waals surface area contributed by atoms with Crippen LogP contribution in [0.15, 0.2) is 28.9 Å². The summed E-state index contributed by atoms with van der Waals surface area (Å²) in [7, 11) is 1.66. The van der Waals surface area contributed by atoms with E-state index in [1.807, 2.05) is 25.1 Å². The summed E-state index contributed by atoms with van der Waals surface area (Å²) in [4.78, 5) is 7.35. The van der Waals surface area contributed by atoms with Crippen molar-refractivity contribution in [1.82, 2.24) is 9.97 Å². The molecule has 0 spiro atoms. The SMILES string of the molecule is COc1ccc(Br)cc1-c1cnc(C)[nH]1. The van der Waals surface area contributed by atoms with Gasteiger partial charge in [0.2, 0.25) is 0 Å². The van der Waals surface area contributed by atoms with Gasteiger partial charge in [0.25, 0.3) is 0 Å². The van der Waals surface area contributed by atoms with Crippen molar-refractivity contribution in [3.63, 3.8) is 0 Å². The third-order valence-electron chi connectivity index (χ3n) is 2.15. The second-order valence-corrected chi connectivity index (χ2v) is 4.14. The molecular formula is C11H11BrN2O. The molecule has 1 N–H and O–H groups in total. The summed E-state index contributed by atoms with van der Waals surface area (Å²) in [6.07, 6.45) is 1.81. The molecule has 0 aliphatic heterocycles. The number of nitrogens with one attached hydrogen (secondary N) is 1. The molecule has 0 bridgehead atoms. The first-order valence-corrected chi connectivity index (χ1v) is 5.35. The monoisotopic (exact) mass is 266 g/mol. The fourth-order valence-electron chi connectivity index (χ4n) is 1.45. The van der Waals surface area contributed by atoms with Crippen LogP contribution in [0.3, 0.4) is 0 Å². The predicted molar refractivity (Wildman–Crippen MR) is 63.0 cm³/mol. The standard InChI is InChI=1S/C11H11BrN2O/c1-7-13-6-10(14-7)9-5-8(12)3-4-11(9)15-2/h3-6H,1-2H3,(H,13,14). The molecule has 0 aliphatic carbocycles. The van der Waals surface area contributed by atoms with Crippen LogP contribution >= 0.6 is 15.9 Å². The van der Waals surface area contributed by atoms with E-state index in [-0.39, 0.29) is 0 Å². The fraction of sp³-hybridized carbons (Fsp3) is 0.182. The molecule has 4 heteroatoms. The molecule has 0 amide bonds. The van der Waals surface area contributed by atoms with Gasteiger partial charge in [0.1, 0.15) is 11.6 Å². The molecule has 1 aromatic carbocycles. The number of aromatic nitrogens is 2. The summed E-state index contributed by atoms with van der Waals surface area (Å²) in [6.45, 7) is 1.92. The number of hydrogen-bond donors (Lipinski definition) is 1. The number of imidazole rings is 1. The van der Waals surface area contributed by atoms with E-state index in [9.17, 15) is 0 Å². The van der Waals surface area contributed by atoms with Crippen molar-refractivity contribution in [3.05, 3.63) is 34.7 Å². The molecule has 3 nitrogen and oxygen atoms in total. The highest BCUT2D eigenvalue weighted by Crippen LogP contribution is 2.31. The van der Waals surface area contributed by atoms with Gasteiger partial charge in [-0.15, -0.1) is 0 Å². The van der Waals surface area contributed by atoms with Crippen LogP contribution in [0, 0.1) is 6.92 Å². The van der Waals surface area contributed by atoms with Crippen molar-refractivity contribution < 1.29 is 4.74 Å². The molecule has 78 valence electrons. The maximum atomic E-state index is 5.30. The summed E-state index contributed by atoms with van der Waals surface area (Å²) in [5, 5.41) is 0. The summed E-state index contributed by atoms with van der Waals surface area (Å²) in [5.74, 6) is 1.73. The van der Waals surface area contributed by atoms with Gasteiger partial charge in [-0.3, -0.25) is 0 Å². The van der Waals surface area contributed by atoms with E-state index < -0.39 is 0 Å². The van der Waals surface area contributed by atoms with E-state index in [0.29, 0.717) is 0 Å². The van der Waals surface area contributed by atoms with Gasteiger partial charge in [0.05, 0.1) is 19.0 Å². The van der Waals surface area contributed by atoms with E-state index in [0.717, 1.165) is 27.3 Å². The van der Waals surface area contributed by atoms with Gasteiger partial charge in [-0.25, -0.2) is 4.98 Å². The number of ether oxygens (including phenoxy) is 1. The number of hydrogen-bond acceptors (Lipinski definition) is 2. The lowest BCUT2D eigenvalue weighted by atomic mass is 10.1. The zero-order chi connectivity index (χ0) is 10.8. The lowest BCUT2D eigenvalue weighted by molar-refractivity contribution is 0.416. The zero-order valence-corrected chi connectivity index (χ0v) is 10.1. The van der Waals surface area contributed by atoms with Crippen molar-refractivity contribution in [2.24, 2.45) is 0 Å². The normalized spacial score (nSPS) is 10.3. The highest BCUT2D eigenvalue weighted by atomic mass is 79.9. The molecule has 0 unspecified atom stereocenters. The van der Waals surface area contributed by atoms with Crippen molar-refractivity contribution in [1.29, 1.82) is 0 Å². The van der Waals surface area contributed by atoms with Crippen molar-refractivity contribution in [2.45, 2.75) is 6.92 Å². The van der Waals surface area contributed by atoms with Crippen molar-refractivity contribution in [2.75, 3.05) is 7.11 Å². The predicted octanol–water partition coefficient (Wildman–Crippen LogP) is 3.16. The first-order valence-electron chi connectivity index (χ1n) is 4.56. The van der Waals surface area contributed by atoms with E-state index in [2.05, 4.69) is 25.9 Å². The second kappa shape index (κ2) is 4.06. The van der Waals surface area contributed by atoms with Gasteiger partial charge in [-0.2, -0.15) is 0 Å². The molecule has 1 aromatic heterocycles. The number of benzene rings is 1. The van der Waals surface area contributed by atoms with Gasteiger partial charge in [0, 0.05) is 10.0 Å². The summed E-state index contributed by atoms with van der Waals surface area (Å²) in [5.41, 5.74) is 1.97. The summed E-state index contributed by atoms with van der Waals surface area (Å²) < 4.78 is 6.31. The number of methoxy groups -OCH3 is 1. The smallest absolute Gasteiger partial charge is 0.128 e. The highest BCUT2D eigenvalue weighted by Gasteiger charge is 2.08. The number of aromatic amines is 1. The summed E-state index contributed by atoms with van der Waals surface area (Å²) >= 11 is 3.44. The van der Waals surface area contributed by atoms with E-state index in [1.165, 1.54) is 0 Å². The Kier molecular flexibility index (Phi) is 2.77. The largest absolute Gasteiger partial charge is 0.496 e. The number of aryl methyl sites for hydroxylation is 1. The second-order valence-electron chi connectivity index (χ2n) is 3.23. The Hall–Kier alpha value is -1.29. The van der Waals surface area contributed by atoms with Crippen LogP contribution in [0.4, 0.5) is 0 Å². The van der Waals surface area contributed by atoms with Gasteiger partial charge >= 0.3 is 0 Å². The van der Waals surface area contributed by atoms with Crippen LogP contribution in [0.1, 0.15) is 5.82 Å². The molecule has 0 aliphatic rings. The highest BCUT2D eigenvalue weighted by molar-refractivity contribution is 9.10. The first kappa shape index (κ1) is 10.2. The van der Waals surface area contributed by atoms with Crippen LogP contribution in [0.25, 0.3) is 11.3 Å². The number of nitrogens with zero attached hydrogens (tertiary/aromatic N) is 1. The maximum Gasteiger partial charge on any atom is 0.128 e. The Morgan fingerprint density at radius 1 is 1.40 bits per heavy atom. The third kappa shape index (κ3) is 2.04. The third-order valence-corrected chi connectivity index (χ3v) is 2.65. The molecule has 1 heterocycles. The minimum absolute atomic E-state index is 0.835. The molecular weight excluding hydrogens is 256 g/mol. The number of H-pyrrole nitrogens is 1. The molecule has 2 rings (SSSR count). The first-order chi connectivity index (χ1) is 7.20. The maximum absolute atomic E-state index is 5.30. The van der Waals surface area contributed by atoms with Crippen LogP contribution in [0.5, 0.6) is 5.75 Å². The average molecular weight is 267 g/mol. The molecule has 0 fully saturated rings. The quantitative estimate of drug-likeness (QED) is 0.907. The number of rotatable bonds is 2. The Bertz CT molecular complexity index is 479. The Labute approximate surface area is 96.6 Å². The average Bonchev–Trinajstić information content (AvgIpc) is 2.65. The topological polar surface area (TPSA) is 37.9 Å². The van der Waals surface area contributed by atoms with E-state index in [1.54, 1.807) is 13.3 Å². The molecule has 0 saturated carbocycles. The fourth-order valence-corrected chi connectivity index (χ4v) is 1.81. The van der Waals surface area contributed by atoms with Gasteiger partial charge in [0.15, 0.2) is 0 Å². The Balaban J connectivity index is 2.55. The van der Waals surface area contributed by atoms with E-state index in [4.69, 9.17) is 4.74 Å². The van der Waals surface area contributed by atoms with Crippen LogP contribution in [-0.4, -0.2) is 17.1 Å². The Morgan fingerprint density at radius 2 is 2.20 bits per heavy atom. The van der Waals surface area contributed by atoms with Gasteiger partial charge in [-0.1, -0.05) is 15.9 Å². The van der Waals surface area contributed by atoms with Crippen LogP contribution in [-0.2, 0) is 0 Å². The lowest BCUT2D eigenvalue weighted by Gasteiger charge is -2.06. The molecule has 0 radical (unpaired) electrons. The van der Waals surface area contributed by atoms with Crippen LogP contribution in [0.2, 0.25) is 0 Å².